The molecule has 0 bridgehead atoms. The van der Waals surface area contributed by atoms with Crippen molar-refractivity contribution >= 4 is 27.5 Å². The second-order valence-corrected chi connectivity index (χ2v) is 7.67. The van der Waals surface area contributed by atoms with Crippen molar-refractivity contribution < 1.29 is 8.42 Å². The third-order valence-corrected chi connectivity index (χ3v) is 5.64. The van der Waals surface area contributed by atoms with Gasteiger partial charge in [0, 0.05) is 29.6 Å². The van der Waals surface area contributed by atoms with E-state index in [4.69, 9.17) is 5.73 Å². The van der Waals surface area contributed by atoms with Gasteiger partial charge in [0.15, 0.2) is 0 Å². The van der Waals surface area contributed by atoms with E-state index >= 15 is 0 Å². The molecule has 0 radical (unpaired) electrons. The van der Waals surface area contributed by atoms with Crippen molar-refractivity contribution in [3.8, 4) is 0 Å². The van der Waals surface area contributed by atoms with E-state index in [2.05, 4.69) is 0 Å². The topological polar surface area (TPSA) is 63.4 Å². The molecule has 0 aromatic heterocycles. The lowest BCUT2D eigenvalue weighted by Gasteiger charge is -2.13. The minimum atomic E-state index is -3.44. The first-order valence-corrected chi connectivity index (χ1v) is 8.22. The van der Waals surface area contributed by atoms with Gasteiger partial charge in [-0.1, -0.05) is 30.0 Å². The van der Waals surface area contributed by atoms with E-state index in [1.165, 1.54) is 36.2 Å². The maximum Gasteiger partial charge on any atom is 0.242 e. The molecule has 0 aliphatic heterocycles. The molecule has 2 aromatic rings. The number of rotatable bonds is 4. The minimum Gasteiger partial charge on any atom is -0.398 e. The number of nitrogens with two attached hydrogens (primary N) is 1. The molecule has 0 aliphatic carbocycles. The normalized spacial score (nSPS) is 11.8. The van der Waals surface area contributed by atoms with Gasteiger partial charge in [-0.2, -0.15) is 0 Å². The summed E-state index contributed by atoms with van der Waals surface area (Å²) in [6.07, 6.45) is 0. The monoisotopic (exact) mass is 308 g/mol. The minimum absolute atomic E-state index is 0.206. The van der Waals surface area contributed by atoms with E-state index in [0.717, 1.165) is 9.79 Å². The maximum atomic E-state index is 12.0. The summed E-state index contributed by atoms with van der Waals surface area (Å²) in [4.78, 5) is 2.11. The molecule has 0 saturated heterocycles. The average molecular weight is 308 g/mol. The summed E-state index contributed by atoms with van der Waals surface area (Å²) < 4.78 is 25.2. The summed E-state index contributed by atoms with van der Waals surface area (Å²) in [5.74, 6) is 0. The highest BCUT2D eigenvalue weighted by molar-refractivity contribution is 7.99. The van der Waals surface area contributed by atoms with Crippen LogP contribution in [0.3, 0.4) is 0 Å². The van der Waals surface area contributed by atoms with Crippen molar-refractivity contribution in [2.45, 2.75) is 14.7 Å². The number of anilines is 1. The van der Waals surface area contributed by atoms with Crippen LogP contribution in [-0.4, -0.2) is 26.8 Å². The van der Waals surface area contributed by atoms with Crippen molar-refractivity contribution in [1.82, 2.24) is 4.31 Å². The Labute approximate surface area is 123 Å². The molecular formula is C14H16N2O2S2. The highest BCUT2D eigenvalue weighted by Gasteiger charge is 2.18. The summed E-state index contributed by atoms with van der Waals surface area (Å²) in [5.41, 5.74) is 6.42. The quantitative estimate of drug-likeness (QED) is 0.882. The van der Waals surface area contributed by atoms with Crippen LogP contribution in [0.5, 0.6) is 0 Å². The number of hydrogen-bond donors (Lipinski definition) is 1. The first kappa shape index (κ1) is 14.9. The van der Waals surface area contributed by atoms with Crippen molar-refractivity contribution in [1.29, 1.82) is 0 Å². The van der Waals surface area contributed by atoms with Crippen LogP contribution in [0.1, 0.15) is 0 Å². The molecule has 2 N–H and O–H groups in total. The standard InChI is InChI=1S/C14H16N2O2S2/c1-16(2)20(17,18)12-8-9-14(13(15)10-12)19-11-6-4-3-5-7-11/h3-10H,15H2,1-2H3. The molecule has 6 heteroatoms. The number of nitrogens with zero attached hydrogens (tertiary/aromatic N) is 1. The lowest BCUT2D eigenvalue weighted by Crippen LogP contribution is -2.22. The number of nitrogen functional groups attached to an aromatic ring is 1. The molecule has 0 heterocycles. The molecule has 0 spiro atoms. The molecule has 2 aromatic carbocycles. The Bertz CT molecular complexity index is 698. The Kier molecular flexibility index (Phi) is 4.37. The Hall–Kier alpha value is -1.50. The predicted molar refractivity (Wildman–Crippen MR) is 82.3 cm³/mol. The lowest BCUT2D eigenvalue weighted by atomic mass is 10.3. The van der Waals surface area contributed by atoms with Crippen molar-refractivity contribution in [2.24, 2.45) is 0 Å². The summed E-state index contributed by atoms with van der Waals surface area (Å²) in [7, 11) is -0.449. The van der Waals surface area contributed by atoms with E-state index in [-0.39, 0.29) is 4.90 Å². The van der Waals surface area contributed by atoms with E-state index in [1.54, 1.807) is 12.1 Å². The lowest BCUT2D eigenvalue weighted by molar-refractivity contribution is 0.520. The third kappa shape index (κ3) is 3.15. The largest absolute Gasteiger partial charge is 0.398 e. The van der Waals surface area contributed by atoms with Crippen molar-refractivity contribution in [2.75, 3.05) is 19.8 Å². The fraction of sp³-hybridized carbons (Fsp3) is 0.143. The van der Waals surface area contributed by atoms with E-state index < -0.39 is 10.0 Å². The number of benzene rings is 2. The van der Waals surface area contributed by atoms with Gasteiger partial charge in [0.25, 0.3) is 0 Å². The third-order valence-electron chi connectivity index (χ3n) is 2.73. The molecule has 0 atom stereocenters. The van der Waals surface area contributed by atoms with E-state index in [9.17, 15) is 8.42 Å². The number of sulfonamides is 1. The second kappa shape index (κ2) is 5.87. The van der Waals surface area contributed by atoms with Crippen molar-refractivity contribution in [3.63, 3.8) is 0 Å². The summed E-state index contributed by atoms with van der Waals surface area (Å²) in [5, 5.41) is 0. The zero-order chi connectivity index (χ0) is 14.8. The molecular weight excluding hydrogens is 292 g/mol. The van der Waals surface area contributed by atoms with Crippen LogP contribution in [0, 0.1) is 0 Å². The van der Waals surface area contributed by atoms with Gasteiger partial charge in [0.1, 0.15) is 0 Å². The van der Waals surface area contributed by atoms with Gasteiger partial charge in [0.2, 0.25) is 10.0 Å². The Morgan fingerprint density at radius 2 is 1.70 bits per heavy atom. The zero-order valence-electron chi connectivity index (χ0n) is 11.3. The van der Waals surface area contributed by atoms with Crippen LogP contribution in [-0.2, 0) is 10.0 Å². The highest BCUT2D eigenvalue weighted by atomic mass is 32.2. The molecule has 0 saturated carbocycles. The van der Waals surface area contributed by atoms with Gasteiger partial charge in [-0.25, -0.2) is 12.7 Å². The maximum absolute atomic E-state index is 12.0. The summed E-state index contributed by atoms with van der Waals surface area (Å²) >= 11 is 1.51. The molecule has 4 nitrogen and oxygen atoms in total. The molecule has 20 heavy (non-hydrogen) atoms. The second-order valence-electron chi connectivity index (χ2n) is 4.40. The van der Waals surface area contributed by atoms with Crippen LogP contribution in [0.4, 0.5) is 5.69 Å². The molecule has 0 unspecified atom stereocenters. The Balaban J connectivity index is 2.32. The van der Waals surface area contributed by atoms with Gasteiger partial charge >= 0.3 is 0 Å². The van der Waals surface area contributed by atoms with Crippen molar-refractivity contribution in [3.05, 3.63) is 48.5 Å². The van der Waals surface area contributed by atoms with Crippen LogP contribution in [0.15, 0.2) is 63.2 Å². The highest BCUT2D eigenvalue weighted by Crippen LogP contribution is 2.33. The van der Waals surface area contributed by atoms with Crippen LogP contribution in [0.2, 0.25) is 0 Å². The summed E-state index contributed by atoms with van der Waals surface area (Å²) in [6, 6.07) is 14.6. The fourth-order valence-electron chi connectivity index (χ4n) is 1.61. The van der Waals surface area contributed by atoms with E-state index in [1.807, 2.05) is 30.3 Å². The molecule has 0 fully saturated rings. The van der Waals surface area contributed by atoms with Gasteiger partial charge in [-0.05, 0) is 30.3 Å². The first-order valence-electron chi connectivity index (χ1n) is 5.96. The zero-order valence-corrected chi connectivity index (χ0v) is 12.9. The predicted octanol–water partition coefficient (Wildman–Crippen LogP) is 2.67. The Morgan fingerprint density at radius 3 is 2.25 bits per heavy atom. The molecule has 0 amide bonds. The smallest absolute Gasteiger partial charge is 0.242 e. The first-order chi connectivity index (χ1) is 9.41. The molecule has 106 valence electrons. The van der Waals surface area contributed by atoms with Gasteiger partial charge in [-0.15, -0.1) is 0 Å². The fourth-order valence-corrected chi connectivity index (χ4v) is 3.40. The van der Waals surface area contributed by atoms with Crippen LogP contribution in [0.25, 0.3) is 0 Å². The SMILES string of the molecule is CN(C)S(=O)(=O)c1ccc(Sc2ccccc2)c(N)c1. The van der Waals surface area contributed by atoms with Crippen LogP contribution < -0.4 is 5.73 Å². The number of hydrogen-bond acceptors (Lipinski definition) is 4. The van der Waals surface area contributed by atoms with Gasteiger partial charge < -0.3 is 5.73 Å². The molecule has 2 rings (SSSR count). The average Bonchev–Trinajstić information content (AvgIpc) is 2.42. The Morgan fingerprint density at radius 1 is 1.05 bits per heavy atom. The van der Waals surface area contributed by atoms with Gasteiger partial charge in [0.05, 0.1) is 4.90 Å². The van der Waals surface area contributed by atoms with Crippen LogP contribution >= 0.6 is 11.8 Å². The summed E-state index contributed by atoms with van der Waals surface area (Å²) in [6.45, 7) is 0. The molecule has 0 aliphatic rings. The van der Waals surface area contributed by atoms with Gasteiger partial charge in [-0.3, -0.25) is 0 Å². The van der Waals surface area contributed by atoms with E-state index in [0.29, 0.717) is 5.69 Å².